The molecule has 2 atom stereocenters. The van der Waals surface area contributed by atoms with E-state index in [0.717, 1.165) is 0 Å². The fourth-order valence-electron chi connectivity index (χ4n) is 1.42. The second kappa shape index (κ2) is 5.65. The van der Waals surface area contributed by atoms with E-state index in [4.69, 9.17) is 5.73 Å². The van der Waals surface area contributed by atoms with Crippen molar-refractivity contribution in [1.29, 1.82) is 0 Å². The Bertz CT molecular complexity index is 354. The minimum atomic E-state index is -0.113. The summed E-state index contributed by atoms with van der Waals surface area (Å²) in [6, 6.07) is 3.97. The number of rotatable bonds is 4. The van der Waals surface area contributed by atoms with Crippen molar-refractivity contribution in [3.63, 3.8) is 0 Å². The highest BCUT2D eigenvalue weighted by atomic mass is 32.1. The summed E-state index contributed by atoms with van der Waals surface area (Å²) in [7, 11) is 0. The third-order valence-electron chi connectivity index (χ3n) is 2.87. The van der Waals surface area contributed by atoms with Crippen LogP contribution < -0.4 is 11.1 Å². The van der Waals surface area contributed by atoms with Gasteiger partial charge in [-0.25, -0.2) is 0 Å². The van der Waals surface area contributed by atoms with Crippen LogP contribution in [0.25, 0.3) is 0 Å². The fraction of sp³-hybridized carbons (Fsp3) is 0.615. The molecule has 3 nitrogen and oxygen atoms in total. The monoisotopic (exact) mass is 254 g/mol. The second-order valence-corrected chi connectivity index (χ2v) is 6.46. The van der Waals surface area contributed by atoms with Gasteiger partial charge in [-0.05, 0) is 23.8 Å². The Morgan fingerprint density at radius 3 is 2.65 bits per heavy atom. The maximum absolute atomic E-state index is 11.8. The van der Waals surface area contributed by atoms with E-state index in [2.05, 4.69) is 5.32 Å². The number of nitrogens with one attached hydrogen (secondary N) is 1. The number of carbonyl (C=O) groups is 1. The predicted molar refractivity (Wildman–Crippen MR) is 72.9 cm³/mol. The zero-order valence-corrected chi connectivity index (χ0v) is 11.8. The molecule has 0 saturated heterocycles. The molecule has 3 N–H and O–H groups in total. The summed E-state index contributed by atoms with van der Waals surface area (Å²) in [5.41, 5.74) is 5.95. The molecule has 1 aromatic rings. The predicted octanol–water partition coefficient (Wildman–Crippen LogP) is 2.69. The van der Waals surface area contributed by atoms with Crippen LogP contribution >= 0.6 is 11.3 Å². The van der Waals surface area contributed by atoms with Gasteiger partial charge in [-0.3, -0.25) is 4.79 Å². The van der Waals surface area contributed by atoms with Gasteiger partial charge in [0.15, 0.2) is 0 Å². The van der Waals surface area contributed by atoms with Crippen LogP contribution in [0.2, 0.25) is 0 Å². The molecule has 96 valence electrons. The van der Waals surface area contributed by atoms with Crippen LogP contribution in [0.3, 0.4) is 0 Å². The molecule has 1 aromatic heterocycles. The molecule has 0 aliphatic carbocycles. The molecule has 0 aromatic carbocycles. The van der Waals surface area contributed by atoms with Gasteiger partial charge in [0.25, 0.3) is 0 Å². The number of nitrogens with two attached hydrogens (primary N) is 1. The minimum absolute atomic E-state index is 0.0216. The number of carbonyl (C=O) groups excluding carboxylic acids is 1. The Hall–Kier alpha value is -0.870. The van der Waals surface area contributed by atoms with Crippen molar-refractivity contribution in [1.82, 2.24) is 5.32 Å². The highest BCUT2D eigenvalue weighted by Crippen LogP contribution is 2.21. The lowest BCUT2D eigenvalue weighted by Gasteiger charge is -2.27. The average Bonchev–Trinajstić information content (AvgIpc) is 2.68. The van der Waals surface area contributed by atoms with Crippen molar-refractivity contribution in [2.24, 2.45) is 11.1 Å². The SMILES string of the molecule is CC(NC(=O)CC(N)C(C)(C)C)c1cccs1. The third kappa shape index (κ3) is 4.48. The maximum Gasteiger partial charge on any atom is 0.222 e. The van der Waals surface area contributed by atoms with Gasteiger partial charge in [-0.1, -0.05) is 26.8 Å². The Balaban J connectivity index is 2.45. The first-order valence-electron chi connectivity index (χ1n) is 5.89. The van der Waals surface area contributed by atoms with Gasteiger partial charge in [0.05, 0.1) is 6.04 Å². The molecular formula is C13H22N2OS. The van der Waals surface area contributed by atoms with Crippen LogP contribution in [-0.2, 0) is 4.79 Å². The first-order valence-corrected chi connectivity index (χ1v) is 6.77. The fourth-order valence-corrected chi connectivity index (χ4v) is 2.15. The number of amides is 1. The zero-order chi connectivity index (χ0) is 13.1. The van der Waals surface area contributed by atoms with Gasteiger partial charge in [-0.15, -0.1) is 11.3 Å². The molecule has 1 heterocycles. The summed E-state index contributed by atoms with van der Waals surface area (Å²) in [4.78, 5) is 13.0. The Morgan fingerprint density at radius 1 is 1.53 bits per heavy atom. The highest BCUT2D eigenvalue weighted by Gasteiger charge is 2.23. The molecule has 0 bridgehead atoms. The molecule has 17 heavy (non-hydrogen) atoms. The van der Waals surface area contributed by atoms with E-state index in [1.807, 2.05) is 45.2 Å². The molecule has 0 saturated carbocycles. The van der Waals surface area contributed by atoms with E-state index in [1.54, 1.807) is 11.3 Å². The third-order valence-corrected chi connectivity index (χ3v) is 3.92. The Labute approximate surface area is 107 Å². The molecule has 2 unspecified atom stereocenters. The number of thiophene rings is 1. The summed E-state index contributed by atoms with van der Waals surface area (Å²) in [6.07, 6.45) is 0.374. The van der Waals surface area contributed by atoms with Gasteiger partial charge in [0, 0.05) is 17.3 Å². The van der Waals surface area contributed by atoms with E-state index in [-0.39, 0.29) is 23.4 Å². The van der Waals surface area contributed by atoms with Gasteiger partial charge in [0.1, 0.15) is 0 Å². The van der Waals surface area contributed by atoms with E-state index < -0.39 is 0 Å². The van der Waals surface area contributed by atoms with Crippen LogP contribution in [0.15, 0.2) is 17.5 Å². The van der Waals surface area contributed by atoms with Crippen molar-refractivity contribution in [2.45, 2.75) is 46.2 Å². The molecule has 1 amide bonds. The van der Waals surface area contributed by atoms with Crippen LogP contribution in [0.1, 0.15) is 45.0 Å². The smallest absolute Gasteiger partial charge is 0.222 e. The molecular weight excluding hydrogens is 232 g/mol. The van der Waals surface area contributed by atoms with Crippen molar-refractivity contribution in [2.75, 3.05) is 0 Å². The van der Waals surface area contributed by atoms with E-state index in [0.29, 0.717) is 6.42 Å². The summed E-state index contributed by atoms with van der Waals surface area (Å²) in [5.74, 6) is 0.0216. The molecule has 0 spiro atoms. The molecule has 0 aliphatic rings. The van der Waals surface area contributed by atoms with E-state index in [1.165, 1.54) is 4.88 Å². The lowest BCUT2D eigenvalue weighted by Crippen LogP contribution is -2.40. The first-order chi connectivity index (χ1) is 7.80. The Morgan fingerprint density at radius 2 is 2.18 bits per heavy atom. The van der Waals surface area contributed by atoms with E-state index in [9.17, 15) is 4.79 Å². The molecule has 0 fully saturated rings. The standard InChI is InChI=1S/C13H22N2OS/c1-9(10-6-5-7-17-10)15-12(16)8-11(14)13(2,3)4/h5-7,9,11H,8,14H2,1-4H3,(H,15,16). The molecule has 0 radical (unpaired) electrons. The molecule has 0 aliphatic heterocycles. The quantitative estimate of drug-likeness (QED) is 0.868. The van der Waals surface area contributed by atoms with Crippen molar-refractivity contribution in [3.05, 3.63) is 22.4 Å². The highest BCUT2D eigenvalue weighted by molar-refractivity contribution is 7.10. The van der Waals surface area contributed by atoms with Crippen LogP contribution in [0, 0.1) is 5.41 Å². The number of hydrogen-bond acceptors (Lipinski definition) is 3. The van der Waals surface area contributed by atoms with Crippen molar-refractivity contribution < 1.29 is 4.79 Å². The lowest BCUT2D eigenvalue weighted by atomic mass is 9.85. The van der Waals surface area contributed by atoms with Crippen molar-refractivity contribution >= 4 is 17.2 Å². The first kappa shape index (κ1) is 14.2. The van der Waals surface area contributed by atoms with Crippen LogP contribution in [-0.4, -0.2) is 11.9 Å². The van der Waals surface area contributed by atoms with Crippen LogP contribution in [0.4, 0.5) is 0 Å². The van der Waals surface area contributed by atoms with Gasteiger partial charge in [0.2, 0.25) is 5.91 Å². The minimum Gasteiger partial charge on any atom is -0.349 e. The summed E-state index contributed by atoms with van der Waals surface area (Å²) < 4.78 is 0. The normalized spacial score (nSPS) is 15.4. The molecule has 4 heteroatoms. The lowest BCUT2D eigenvalue weighted by molar-refractivity contribution is -0.122. The summed E-state index contributed by atoms with van der Waals surface area (Å²) >= 11 is 1.65. The second-order valence-electron chi connectivity index (χ2n) is 5.48. The topological polar surface area (TPSA) is 55.1 Å². The summed E-state index contributed by atoms with van der Waals surface area (Å²) in [6.45, 7) is 8.14. The zero-order valence-electron chi connectivity index (χ0n) is 11.0. The maximum atomic E-state index is 11.8. The van der Waals surface area contributed by atoms with E-state index >= 15 is 0 Å². The van der Waals surface area contributed by atoms with Crippen LogP contribution in [0.5, 0.6) is 0 Å². The molecule has 1 rings (SSSR count). The summed E-state index contributed by atoms with van der Waals surface area (Å²) in [5, 5.41) is 4.99. The van der Waals surface area contributed by atoms with Crippen molar-refractivity contribution in [3.8, 4) is 0 Å². The van der Waals surface area contributed by atoms with Gasteiger partial charge < -0.3 is 11.1 Å². The largest absolute Gasteiger partial charge is 0.349 e. The van der Waals surface area contributed by atoms with Gasteiger partial charge >= 0.3 is 0 Å². The van der Waals surface area contributed by atoms with Gasteiger partial charge in [-0.2, -0.15) is 0 Å². The Kier molecular flexibility index (Phi) is 4.71. The average molecular weight is 254 g/mol. The number of hydrogen-bond donors (Lipinski definition) is 2.